The number of rotatable bonds is 16. The Morgan fingerprint density at radius 3 is 1.06 bits per heavy atom. The fourth-order valence-corrected chi connectivity index (χ4v) is 15.8. The molecule has 510 valence electrons. The van der Waals surface area contributed by atoms with Gasteiger partial charge in [0.1, 0.15) is 47.0 Å². The number of fused-ring (bicyclic) bond motifs is 15. The van der Waals surface area contributed by atoms with Gasteiger partial charge >= 0.3 is 0 Å². The first-order chi connectivity index (χ1) is 48.3. The van der Waals surface area contributed by atoms with Crippen molar-refractivity contribution in [2.24, 2.45) is 0 Å². The number of likely N-dealkylation sites (N-methyl/N-ethyl adjacent to an activating group) is 1. The molecule has 0 unspecified atom stereocenters. The van der Waals surface area contributed by atoms with Crippen LogP contribution in [-0.4, -0.2) is 221 Å². The van der Waals surface area contributed by atoms with Crippen molar-refractivity contribution in [3.05, 3.63) is 106 Å². The summed E-state index contributed by atoms with van der Waals surface area (Å²) in [7, 11) is 2.19. The van der Waals surface area contributed by atoms with E-state index in [1.807, 2.05) is 37.2 Å². The first kappa shape index (κ1) is 63.8. The molecule has 3 saturated heterocycles. The maximum Gasteiger partial charge on any atom is 0.147 e. The molecule has 0 amide bonds. The molecule has 0 spiro atoms. The number of H-pyrrole nitrogens is 6. The van der Waals surface area contributed by atoms with E-state index in [9.17, 15) is 0 Å². The summed E-state index contributed by atoms with van der Waals surface area (Å²) < 4.78 is 30.1. The van der Waals surface area contributed by atoms with Crippen LogP contribution < -0.4 is 14.2 Å². The fraction of sp³-hybridized carbons (Fsp3) is 0.473. The Kier molecular flexibility index (Phi) is 18.6. The van der Waals surface area contributed by atoms with Crippen molar-refractivity contribution in [1.82, 2.24) is 95.7 Å². The second-order valence-corrected chi connectivity index (χ2v) is 27.3. The number of benzene rings is 3. The van der Waals surface area contributed by atoms with Crippen LogP contribution in [0.15, 0.2) is 55.4 Å². The van der Waals surface area contributed by atoms with Gasteiger partial charge in [-0.3, -0.25) is 45.3 Å². The van der Waals surface area contributed by atoms with Gasteiger partial charge in [-0.05, 0) is 145 Å². The quantitative estimate of drug-likeness (QED) is 0.0491. The van der Waals surface area contributed by atoms with Crippen LogP contribution in [-0.2, 0) is 48.0 Å². The van der Waals surface area contributed by atoms with E-state index in [2.05, 4.69) is 127 Å². The van der Waals surface area contributed by atoms with Crippen molar-refractivity contribution < 1.29 is 23.7 Å². The third kappa shape index (κ3) is 12.7. The predicted molar refractivity (Wildman–Crippen MR) is 381 cm³/mol. The summed E-state index contributed by atoms with van der Waals surface area (Å²) in [6.45, 7) is 22.5. The number of aromatic nitrogens is 15. The fourth-order valence-electron chi connectivity index (χ4n) is 15.8. The molecule has 0 radical (unpaired) electrons. The van der Waals surface area contributed by atoms with Crippen LogP contribution in [0.25, 0.3) is 99.2 Å². The first-order valence-electron chi connectivity index (χ1n) is 35.6. The summed E-state index contributed by atoms with van der Waals surface area (Å²) in [5.41, 5.74) is 23.6. The zero-order chi connectivity index (χ0) is 66.1. The minimum absolute atomic E-state index is 0.619. The third-order valence-corrected chi connectivity index (χ3v) is 21.2. The van der Waals surface area contributed by atoms with Crippen LogP contribution in [0.5, 0.6) is 17.2 Å². The molecule has 3 fully saturated rings. The number of piperazine rings is 1. The lowest BCUT2D eigenvalue weighted by atomic mass is 9.85. The first-order valence-corrected chi connectivity index (χ1v) is 35.6. The number of aromatic amines is 6. The van der Waals surface area contributed by atoms with Crippen LogP contribution in [0.3, 0.4) is 0 Å². The van der Waals surface area contributed by atoms with Crippen LogP contribution >= 0.6 is 0 Å². The van der Waals surface area contributed by atoms with E-state index in [1.165, 1.54) is 88.1 Å². The number of ether oxygens (including phenoxy) is 5. The van der Waals surface area contributed by atoms with Gasteiger partial charge in [0.2, 0.25) is 0 Å². The SMILES string of the molecule is Cc1[nH]ncc1-c1nc2c(OCCCN3CCOCC3)cc3[nH]ncc3c2c2c1CCCC2.Cc1[nH]ncc1-c1nc2c(OCCN3CCN(C)CC3)cc3[nH]ncc3c2c2c1CCCC2.Cc1[nH]ncc1-c1nc2c(OCCN3CCOCC3)cc3[nH]ncc3c2c2c1CCCC2. The highest BCUT2D eigenvalue weighted by atomic mass is 16.5. The molecular formula is C74H89N19O5. The Labute approximate surface area is 568 Å². The Balaban J connectivity index is 0.000000115. The Morgan fingerprint density at radius 1 is 0.378 bits per heavy atom. The number of nitrogens with zero attached hydrogens (tertiary/aromatic N) is 13. The highest BCUT2D eigenvalue weighted by Gasteiger charge is 2.29. The van der Waals surface area contributed by atoms with Gasteiger partial charge in [-0.2, -0.15) is 30.6 Å². The molecule has 9 aromatic heterocycles. The second-order valence-electron chi connectivity index (χ2n) is 27.3. The van der Waals surface area contributed by atoms with Crippen molar-refractivity contribution in [2.45, 2.75) is 104 Å². The van der Waals surface area contributed by atoms with Crippen molar-refractivity contribution in [2.75, 3.05) is 125 Å². The van der Waals surface area contributed by atoms with Crippen LogP contribution in [0.4, 0.5) is 0 Å². The Morgan fingerprint density at radius 2 is 0.704 bits per heavy atom. The van der Waals surface area contributed by atoms with E-state index in [0.29, 0.717) is 19.8 Å². The van der Waals surface area contributed by atoms with Gasteiger partial charge in [0.25, 0.3) is 0 Å². The Hall–Kier alpha value is -8.91. The van der Waals surface area contributed by atoms with E-state index in [-0.39, 0.29) is 0 Å². The van der Waals surface area contributed by atoms with E-state index in [4.69, 9.17) is 38.6 Å². The lowest BCUT2D eigenvalue weighted by Gasteiger charge is -2.32. The zero-order valence-corrected chi connectivity index (χ0v) is 57.0. The van der Waals surface area contributed by atoms with E-state index < -0.39 is 0 Å². The predicted octanol–water partition coefficient (Wildman–Crippen LogP) is 10.5. The molecule has 12 aromatic rings. The maximum atomic E-state index is 6.43. The maximum absolute atomic E-state index is 6.43. The molecule has 18 rings (SSSR count). The minimum atomic E-state index is 0.619. The molecule has 6 N–H and O–H groups in total. The van der Waals surface area contributed by atoms with Crippen LogP contribution in [0.2, 0.25) is 0 Å². The summed E-state index contributed by atoms with van der Waals surface area (Å²) in [6.07, 6.45) is 25.9. The second kappa shape index (κ2) is 28.5. The van der Waals surface area contributed by atoms with Crippen molar-refractivity contribution >= 4 is 65.4 Å². The number of aryl methyl sites for hydroxylation is 6. The van der Waals surface area contributed by atoms with Crippen LogP contribution in [0.1, 0.15) is 95.4 Å². The van der Waals surface area contributed by atoms with Crippen molar-refractivity contribution in [3.63, 3.8) is 0 Å². The topological polar surface area (TPSA) is 270 Å². The number of morpholine rings is 2. The van der Waals surface area contributed by atoms with E-state index in [1.54, 1.807) is 0 Å². The average Bonchev–Trinajstić information content (AvgIpc) is 1.28. The highest BCUT2D eigenvalue weighted by Crippen LogP contribution is 2.45. The zero-order valence-electron chi connectivity index (χ0n) is 57.0. The summed E-state index contributed by atoms with van der Waals surface area (Å²) in [6, 6.07) is 6.19. The molecule has 98 heavy (non-hydrogen) atoms. The minimum Gasteiger partial charge on any atom is -0.491 e. The molecule has 24 nitrogen and oxygen atoms in total. The molecule has 0 bridgehead atoms. The normalized spacial score (nSPS) is 17.3. The number of nitrogens with one attached hydrogen (secondary N) is 6. The van der Waals surface area contributed by atoms with Gasteiger partial charge in [0.05, 0.1) is 104 Å². The summed E-state index contributed by atoms with van der Waals surface area (Å²) in [4.78, 5) is 25.4. The number of pyridine rings is 3. The van der Waals surface area contributed by atoms with Gasteiger partial charge < -0.3 is 28.6 Å². The lowest BCUT2D eigenvalue weighted by Crippen LogP contribution is -2.45. The molecule has 3 aromatic carbocycles. The summed E-state index contributed by atoms with van der Waals surface area (Å²) in [5, 5.41) is 51.6. The monoisotopic (exact) mass is 1320 g/mol. The molecule has 3 aliphatic carbocycles. The average molecular weight is 1320 g/mol. The van der Waals surface area contributed by atoms with Gasteiger partial charge in [-0.1, -0.05) is 0 Å². The van der Waals surface area contributed by atoms with Crippen molar-refractivity contribution in [3.8, 4) is 51.0 Å². The number of hydrogen-bond donors (Lipinski definition) is 6. The molecule has 0 saturated carbocycles. The molecule has 24 heteroatoms. The van der Waals surface area contributed by atoms with E-state index in [0.717, 1.165) is 261 Å². The van der Waals surface area contributed by atoms with Gasteiger partial charge in [0.15, 0.2) is 0 Å². The highest BCUT2D eigenvalue weighted by molar-refractivity contribution is 6.13. The van der Waals surface area contributed by atoms with Crippen molar-refractivity contribution in [1.29, 1.82) is 0 Å². The van der Waals surface area contributed by atoms with Gasteiger partial charge in [-0.15, -0.1) is 0 Å². The molecule has 6 aliphatic rings. The Bertz CT molecular complexity index is 4810. The van der Waals surface area contributed by atoms with Gasteiger partial charge in [0, 0.05) is 156 Å². The van der Waals surface area contributed by atoms with Gasteiger partial charge in [-0.25, -0.2) is 15.0 Å². The number of hydrogen-bond acceptors (Lipinski definition) is 18. The van der Waals surface area contributed by atoms with Crippen LogP contribution in [0, 0.1) is 20.8 Å². The van der Waals surface area contributed by atoms with E-state index >= 15 is 0 Å². The smallest absolute Gasteiger partial charge is 0.147 e. The molecular weight excluding hydrogens is 1230 g/mol. The molecule has 0 atom stereocenters. The third-order valence-electron chi connectivity index (χ3n) is 21.2. The summed E-state index contributed by atoms with van der Waals surface area (Å²) in [5.74, 6) is 2.49. The standard InChI is InChI=1S/C25H31N7O.C25H30N6O2.C24H28N6O2/c1-16-19(14-26-29-16)24-18-6-4-3-5-17(18)23-20-15-27-30-21(20)13-22(25(23)28-24)33-12-11-32-9-7-31(2)8-10-32;1-16-19(14-26-29-16)24-18-6-3-2-5-17(18)23-20-15-27-30-21(20)13-22(25(23)28-24)33-10-4-7-31-8-11-32-12-9-31;1-15-18(13-25-28-15)23-17-5-3-2-4-16(17)22-19-14-26-29-20(19)12-21(24(22)27-23)32-11-8-30-6-9-31-10-7-30/h13-15H,3-12H2,1-2H3,(H,26,29)(H,27,30);13-15H,2-12H2,1H3,(H,26,29)(H,27,30);12-14H,2-11H2,1H3,(H,25,28)(H,26,29). The summed E-state index contributed by atoms with van der Waals surface area (Å²) >= 11 is 0. The largest absolute Gasteiger partial charge is 0.491 e. The molecule has 12 heterocycles. The lowest BCUT2D eigenvalue weighted by molar-refractivity contribution is 0.0323. The molecule has 3 aliphatic heterocycles.